The fourth-order valence-corrected chi connectivity index (χ4v) is 5.32. The molecule has 8 heteroatoms. The number of nitrogens with one attached hydrogen (secondary N) is 1. The Balaban J connectivity index is 0.00000153. The second-order valence-corrected chi connectivity index (χ2v) is 9.76. The monoisotopic (exact) mass is 503 g/mol. The van der Waals surface area contributed by atoms with Gasteiger partial charge in [0.15, 0.2) is 0 Å². The molecule has 3 aromatic rings. The lowest BCUT2D eigenvalue weighted by Gasteiger charge is -2.41. The Hall–Kier alpha value is -2.12. The molecule has 2 aliphatic heterocycles. The van der Waals surface area contributed by atoms with E-state index in [2.05, 4.69) is 78.6 Å². The number of benzene rings is 1. The standard InChI is InChI=1S/C25H29N5S.2ClH/c1-17(2)24-28-22-23(21-19(10-7-11-26-21)15-27-25(22)31-24)30-13-12-29(3)20(16-30)14-18-8-5-4-6-9-18;;/h4-11,15,17,20,27H,12-14,16H2,1-3H3;2*1H. The summed E-state index contributed by atoms with van der Waals surface area (Å²) in [6.45, 7) is 7.38. The van der Waals surface area contributed by atoms with Gasteiger partial charge in [0, 0.05) is 49.2 Å². The smallest absolute Gasteiger partial charge is 0.124 e. The summed E-state index contributed by atoms with van der Waals surface area (Å²) in [5, 5.41) is 7.95. The third-order valence-corrected chi connectivity index (χ3v) is 7.48. The predicted octanol–water partition coefficient (Wildman–Crippen LogP) is 3.68. The van der Waals surface area contributed by atoms with Crippen LogP contribution < -0.4 is 15.9 Å². The summed E-state index contributed by atoms with van der Waals surface area (Å²) >= 11 is 1.76. The number of rotatable bonds is 4. The van der Waals surface area contributed by atoms with Crippen molar-refractivity contribution in [2.75, 3.05) is 32.0 Å². The lowest BCUT2D eigenvalue weighted by atomic mass is 10.0. The normalized spacial score (nSPS) is 17.6. The highest BCUT2D eigenvalue weighted by atomic mass is 35.5. The van der Waals surface area contributed by atoms with Crippen molar-refractivity contribution in [1.82, 2.24) is 19.8 Å². The van der Waals surface area contributed by atoms with E-state index in [1.54, 1.807) is 11.3 Å². The van der Waals surface area contributed by atoms with Crippen LogP contribution in [-0.2, 0) is 6.42 Å². The van der Waals surface area contributed by atoms with Crippen LogP contribution in [0.1, 0.15) is 36.0 Å². The van der Waals surface area contributed by atoms with Gasteiger partial charge >= 0.3 is 0 Å². The highest BCUT2D eigenvalue weighted by Crippen LogP contribution is 2.35. The van der Waals surface area contributed by atoms with Gasteiger partial charge in [-0.2, -0.15) is 0 Å². The van der Waals surface area contributed by atoms with Crippen molar-refractivity contribution < 1.29 is 0 Å². The summed E-state index contributed by atoms with van der Waals surface area (Å²) in [7, 11) is 2.25. The predicted molar refractivity (Wildman–Crippen MR) is 143 cm³/mol. The van der Waals surface area contributed by atoms with Crippen LogP contribution in [0.5, 0.6) is 0 Å². The molecule has 1 saturated heterocycles. The first-order valence-electron chi connectivity index (χ1n) is 11.0. The highest BCUT2D eigenvalue weighted by molar-refractivity contribution is 7.16. The van der Waals surface area contributed by atoms with Crippen molar-refractivity contribution in [3.8, 4) is 0 Å². The molecule has 1 unspecified atom stereocenters. The van der Waals surface area contributed by atoms with Crippen LogP contribution in [-0.4, -0.2) is 52.5 Å². The summed E-state index contributed by atoms with van der Waals surface area (Å²) in [4.78, 5) is 14.9. The third kappa shape index (κ3) is 5.19. The first-order valence-corrected chi connectivity index (χ1v) is 11.8. The van der Waals surface area contributed by atoms with Crippen molar-refractivity contribution >= 4 is 53.0 Å². The number of aromatic nitrogens is 2. The lowest BCUT2D eigenvalue weighted by molar-refractivity contribution is 0.133. The van der Waals surface area contributed by atoms with Gasteiger partial charge in [-0.15, -0.1) is 36.2 Å². The fraction of sp³-hybridized carbons (Fsp3) is 0.360. The van der Waals surface area contributed by atoms with Gasteiger partial charge in [0.2, 0.25) is 0 Å². The molecule has 0 aliphatic carbocycles. The quantitative estimate of drug-likeness (QED) is 0.588. The number of hydrogen-bond donors (Lipinski definition) is 1. The molecule has 0 saturated carbocycles. The molecule has 0 radical (unpaired) electrons. The Kier molecular flexibility index (Phi) is 8.40. The van der Waals surface area contributed by atoms with Gasteiger partial charge in [-0.1, -0.05) is 44.2 Å². The Morgan fingerprint density at radius 1 is 1.09 bits per heavy atom. The van der Waals surface area contributed by atoms with Crippen LogP contribution in [0.3, 0.4) is 0 Å². The summed E-state index contributed by atoms with van der Waals surface area (Å²) in [5.74, 6) is 0.404. The molecule has 1 fully saturated rings. The number of nitrogens with zero attached hydrogens (tertiary/aromatic N) is 4. The number of pyridine rings is 1. The molecule has 1 N–H and O–H groups in total. The van der Waals surface area contributed by atoms with Crippen LogP contribution in [0.15, 0.2) is 48.7 Å². The molecule has 176 valence electrons. The maximum Gasteiger partial charge on any atom is 0.124 e. The van der Waals surface area contributed by atoms with Crippen LogP contribution in [0.25, 0.3) is 11.9 Å². The fourth-order valence-electron chi connectivity index (χ4n) is 4.38. The van der Waals surface area contributed by atoms with Gasteiger partial charge in [-0.05, 0) is 31.2 Å². The number of likely N-dealkylation sites (N-methyl/N-ethyl adjacent to an activating group) is 1. The van der Waals surface area contributed by atoms with Crippen molar-refractivity contribution in [3.05, 3.63) is 75.5 Å². The molecule has 0 spiro atoms. The van der Waals surface area contributed by atoms with E-state index in [0.29, 0.717) is 12.0 Å². The Labute approximate surface area is 212 Å². The number of halogens is 2. The third-order valence-electron chi connectivity index (χ3n) is 6.19. The zero-order valence-electron chi connectivity index (χ0n) is 19.2. The molecule has 5 nitrogen and oxygen atoms in total. The molecule has 2 aromatic heterocycles. The zero-order valence-corrected chi connectivity index (χ0v) is 21.6. The van der Waals surface area contributed by atoms with Gasteiger partial charge in [-0.25, -0.2) is 4.98 Å². The molecule has 33 heavy (non-hydrogen) atoms. The Morgan fingerprint density at radius 2 is 1.88 bits per heavy atom. The van der Waals surface area contributed by atoms with Gasteiger partial charge in [-0.3, -0.25) is 9.88 Å². The van der Waals surface area contributed by atoms with Crippen molar-refractivity contribution in [2.45, 2.75) is 32.2 Å². The number of thiazole rings is 1. The average molecular weight is 505 g/mol. The molecule has 5 rings (SSSR count). The average Bonchev–Trinajstić information content (AvgIpc) is 3.14. The Morgan fingerprint density at radius 3 is 2.64 bits per heavy atom. The second-order valence-electron chi connectivity index (χ2n) is 8.73. The van der Waals surface area contributed by atoms with Crippen molar-refractivity contribution in [2.24, 2.45) is 0 Å². The van der Waals surface area contributed by atoms with E-state index in [0.717, 1.165) is 52.3 Å². The molecule has 1 aromatic carbocycles. The van der Waals surface area contributed by atoms with Crippen LogP contribution in [0, 0.1) is 0 Å². The molecule has 2 aliphatic rings. The molecular weight excluding hydrogens is 473 g/mol. The molecule has 0 amide bonds. The van der Waals surface area contributed by atoms with E-state index in [9.17, 15) is 0 Å². The highest BCUT2D eigenvalue weighted by Gasteiger charge is 2.30. The van der Waals surface area contributed by atoms with E-state index >= 15 is 0 Å². The number of hydrogen-bond acceptors (Lipinski definition) is 6. The van der Waals surface area contributed by atoms with E-state index < -0.39 is 0 Å². The Bertz CT molecular complexity index is 1200. The van der Waals surface area contributed by atoms with Gasteiger partial charge in [0.25, 0.3) is 0 Å². The van der Waals surface area contributed by atoms with Crippen molar-refractivity contribution in [1.29, 1.82) is 0 Å². The van der Waals surface area contributed by atoms with E-state index in [-0.39, 0.29) is 24.8 Å². The topological polar surface area (TPSA) is 44.3 Å². The summed E-state index contributed by atoms with van der Waals surface area (Å²) < 4.78 is 0. The number of fused-ring (bicyclic) bond motifs is 2. The maximum absolute atomic E-state index is 5.10. The van der Waals surface area contributed by atoms with Gasteiger partial charge < -0.3 is 10.2 Å². The number of piperazine rings is 1. The maximum atomic E-state index is 5.10. The minimum Gasteiger partial charge on any atom is -0.365 e. The van der Waals surface area contributed by atoms with Crippen LogP contribution >= 0.6 is 36.2 Å². The van der Waals surface area contributed by atoms with E-state index in [1.807, 2.05) is 12.3 Å². The van der Waals surface area contributed by atoms with Gasteiger partial charge in [0.05, 0.1) is 16.1 Å². The summed E-state index contributed by atoms with van der Waals surface area (Å²) in [6.07, 6.45) is 5.01. The second kappa shape index (κ2) is 10.9. The van der Waals surface area contributed by atoms with Gasteiger partial charge in [0.1, 0.15) is 10.7 Å². The summed E-state index contributed by atoms with van der Waals surface area (Å²) in [5.41, 5.74) is 3.60. The minimum atomic E-state index is 0. The minimum absolute atomic E-state index is 0. The molecule has 4 heterocycles. The largest absolute Gasteiger partial charge is 0.365 e. The van der Waals surface area contributed by atoms with Crippen molar-refractivity contribution in [3.63, 3.8) is 0 Å². The molecular formula is C25H31Cl2N5S. The molecule has 0 bridgehead atoms. The van der Waals surface area contributed by atoms with Crippen LogP contribution in [0.2, 0.25) is 0 Å². The first-order chi connectivity index (χ1) is 15.1. The zero-order chi connectivity index (χ0) is 21.4. The summed E-state index contributed by atoms with van der Waals surface area (Å²) in [6, 6.07) is 15.4. The SMILES string of the molecule is CC(C)c1nc2c(s1)NC=c1cccnc1=C2N1CCN(C)C(Cc2ccccc2)C1.Cl.Cl. The first kappa shape index (κ1) is 25.5. The van der Waals surface area contributed by atoms with Crippen LogP contribution in [0.4, 0.5) is 5.00 Å². The number of anilines is 1. The van der Waals surface area contributed by atoms with E-state index in [1.165, 1.54) is 11.3 Å². The van der Waals surface area contributed by atoms with E-state index in [4.69, 9.17) is 9.97 Å². The molecule has 1 atom stereocenters. The lowest BCUT2D eigenvalue weighted by Crippen LogP contribution is -2.53.